The summed E-state index contributed by atoms with van der Waals surface area (Å²) in [4.78, 5) is 29.8. The van der Waals surface area contributed by atoms with Gasteiger partial charge in [-0.15, -0.1) is 0 Å². The van der Waals surface area contributed by atoms with Crippen molar-refractivity contribution in [3.63, 3.8) is 0 Å². The molecule has 5 rings (SSSR count). The molecule has 5 nitrogen and oxygen atoms in total. The number of nitrogens with zero attached hydrogens (tertiary/aromatic N) is 1. The van der Waals surface area contributed by atoms with E-state index in [1.807, 2.05) is 71.6 Å². The number of allylic oxidation sites excluding steroid dienone is 1. The predicted octanol–water partition coefficient (Wildman–Crippen LogP) is 7.18. The second-order valence-corrected chi connectivity index (χ2v) is 9.87. The average molecular weight is 495 g/mol. The third kappa shape index (κ3) is 5.04. The summed E-state index contributed by atoms with van der Waals surface area (Å²) in [6, 6.07) is 25.4. The second kappa shape index (κ2) is 11.0. The van der Waals surface area contributed by atoms with Gasteiger partial charge in [-0.2, -0.15) is 0 Å². The molecule has 2 aliphatic rings. The number of hydrogen-bond acceptors (Lipinski definition) is 4. The van der Waals surface area contributed by atoms with Gasteiger partial charge < -0.3 is 10.1 Å². The van der Waals surface area contributed by atoms with E-state index in [0.717, 1.165) is 53.2 Å². The number of carbonyl (C=O) groups is 2. The van der Waals surface area contributed by atoms with Gasteiger partial charge in [-0.25, -0.2) is 0 Å². The van der Waals surface area contributed by atoms with Gasteiger partial charge in [-0.1, -0.05) is 74.4 Å². The zero-order valence-electron chi connectivity index (χ0n) is 21.6. The Balaban J connectivity index is 1.66. The van der Waals surface area contributed by atoms with Crippen molar-refractivity contribution in [2.24, 2.45) is 0 Å². The monoisotopic (exact) mass is 494 g/mol. The van der Waals surface area contributed by atoms with Crippen LogP contribution in [-0.2, 0) is 9.59 Å². The van der Waals surface area contributed by atoms with E-state index < -0.39 is 6.04 Å². The summed E-state index contributed by atoms with van der Waals surface area (Å²) in [6.45, 7) is 2.14. The minimum Gasteiger partial charge on any atom is -0.497 e. The first-order valence-corrected chi connectivity index (χ1v) is 13.2. The topological polar surface area (TPSA) is 58.6 Å². The third-order valence-electron chi connectivity index (χ3n) is 7.45. The summed E-state index contributed by atoms with van der Waals surface area (Å²) < 4.78 is 5.40. The molecule has 0 unspecified atom stereocenters. The first-order valence-electron chi connectivity index (χ1n) is 13.2. The summed E-state index contributed by atoms with van der Waals surface area (Å²) in [7, 11) is 1.64. The molecule has 3 aromatic carbocycles. The minimum absolute atomic E-state index is 0.0373. The number of nitrogens with one attached hydrogen (secondary N) is 1. The lowest BCUT2D eigenvalue weighted by atomic mass is 9.78. The summed E-state index contributed by atoms with van der Waals surface area (Å²) >= 11 is 0. The summed E-state index contributed by atoms with van der Waals surface area (Å²) in [5.41, 5.74) is 5.33. The molecule has 0 spiro atoms. The van der Waals surface area contributed by atoms with Crippen LogP contribution in [0, 0.1) is 0 Å². The van der Waals surface area contributed by atoms with E-state index >= 15 is 0 Å². The number of Topliss-reactive ketones (excluding diaryl/α,β-unsaturated/α-hetero) is 1. The molecule has 1 heterocycles. The van der Waals surface area contributed by atoms with Gasteiger partial charge in [0.25, 0.3) is 0 Å². The number of para-hydroxylation sites is 2. The highest BCUT2D eigenvalue weighted by molar-refractivity contribution is 6.06. The Kier molecular flexibility index (Phi) is 7.40. The maximum atomic E-state index is 14.0. The molecule has 190 valence electrons. The number of amides is 1. The van der Waals surface area contributed by atoms with Gasteiger partial charge in [-0.3, -0.25) is 14.5 Å². The zero-order valence-corrected chi connectivity index (χ0v) is 21.6. The van der Waals surface area contributed by atoms with Crippen LogP contribution in [0.4, 0.5) is 11.4 Å². The zero-order chi connectivity index (χ0) is 25.8. The van der Waals surface area contributed by atoms with Crippen LogP contribution in [0.2, 0.25) is 0 Å². The lowest BCUT2D eigenvalue weighted by Crippen LogP contribution is -2.38. The Bertz CT molecular complexity index is 1300. The molecule has 0 aromatic heterocycles. The summed E-state index contributed by atoms with van der Waals surface area (Å²) in [5.74, 6) is 0.957. The van der Waals surface area contributed by atoms with Crippen LogP contribution in [0.3, 0.4) is 0 Å². The van der Waals surface area contributed by atoms with Gasteiger partial charge >= 0.3 is 0 Å². The van der Waals surface area contributed by atoms with Crippen molar-refractivity contribution in [1.29, 1.82) is 0 Å². The lowest BCUT2D eigenvalue weighted by Gasteiger charge is -2.35. The van der Waals surface area contributed by atoms with E-state index in [0.29, 0.717) is 24.8 Å². The fourth-order valence-electron chi connectivity index (χ4n) is 5.57. The Morgan fingerprint density at radius 3 is 2.38 bits per heavy atom. The molecule has 3 aromatic rings. The fourth-order valence-corrected chi connectivity index (χ4v) is 5.57. The van der Waals surface area contributed by atoms with Crippen LogP contribution in [0.5, 0.6) is 5.75 Å². The molecule has 1 aliphatic heterocycles. The molecular formula is C32H34N2O3. The van der Waals surface area contributed by atoms with Gasteiger partial charge in [0.2, 0.25) is 5.91 Å². The van der Waals surface area contributed by atoms with E-state index in [1.54, 1.807) is 7.11 Å². The van der Waals surface area contributed by atoms with Crippen LogP contribution in [-0.4, -0.2) is 18.8 Å². The summed E-state index contributed by atoms with van der Waals surface area (Å²) in [6.07, 6.45) is 4.45. The van der Waals surface area contributed by atoms with Crippen molar-refractivity contribution < 1.29 is 14.3 Å². The largest absolute Gasteiger partial charge is 0.497 e. The number of unbranched alkanes of at least 4 members (excludes halogenated alkanes) is 2. The first-order chi connectivity index (χ1) is 18.1. The fraction of sp³-hybridized carbons (Fsp3) is 0.312. The van der Waals surface area contributed by atoms with Gasteiger partial charge in [-0.05, 0) is 54.2 Å². The highest BCUT2D eigenvalue weighted by Crippen LogP contribution is 2.47. The molecule has 1 amide bonds. The normalized spacial score (nSPS) is 19.0. The number of carbonyl (C=O) groups excluding carboxylic acids is 2. The Hall–Kier alpha value is -3.86. The maximum absolute atomic E-state index is 14.0. The van der Waals surface area contributed by atoms with Crippen molar-refractivity contribution in [1.82, 2.24) is 0 Å². The van der Waals surface area contributed by atoms with Crippen LogP contribution in [0.25, 0.3) is 0 Å². The Morgan fingerprint density at radius 2 is 1.65 bits per heavy atom. The molecule has 0 saturated carbocycles. The number of ketones is 1. The molecule has 0 radical (unpaired) electrons. The second-order valence-electron chi connectivity index (χ2n) is 9.87. The van der Waals surface area contributed by atoms with Crippen molar-refractivity contribution >= 4 is 23.1 Å². The molecule has 5 heteroatoms. The quantitative estimate of drug-likeness (QED) is 0.354. The van der Waals surface area contributed by atoms with E-state index in [1.165, 1.54) is 0 Å². The smallest absolute Gasteiger partial charge is 0.227 e. The predicted molar refractivity (Wildman–Crippen MR) is 148 cm³/mol. The van der Waals surface area contributed by atoms with E-state index in [2.05, 4.69) is 24.4 Å². The average Bonchev–Trinajstić information content (AvgIpc) is 3.08. The van der Waals surface area contributed by atoms with Crippen LogP contribution >= 0.6 is 0 Å². The minimum atomic E-state index is -0.504. The maximum Gasteiger partial charge on any atom is 0.227 e. The van der Waals surface area contributed by atoms with Gasteiger partial charge in [0, 0.05) is 24.1 Å². The van der Waals surface area contributed by atoms with Gasteiger partial charge in [0.15, 0.2) is 5.78 Å². The van der Waals surface area contributed by atoms with Crippen molar-refractivity contribution in [3.05, 3.63) is 101 Å². The molecule has 0 saturated heterocycles. The van der Waals surface area contributed by atoms with Crippen molar-refractivity contribution in [3.8, 4) is 5.75 Å². The highest BCUT2D eigenvalue weighted by atomic mass is 16.5. The molecule has 1 N–H and O–H groups in total. The molecule has 37 heavy (non-hydrogen) atoms. The van der Waals surface area contributed by atoms with Crippen LogP contribution in [0.1, 0.15) is 68.5 Å². The van der Waals surface area contributed by atoms with Gasteiger partial charge in [0.05, 0.1) is 24.5 Å². The standard InChI is InChI=1S/C32H34N2O3/c1-3-4-6-15-30(36)34-28-14-10-9-13-26(28)33-27-20-24(22-11-7-5-8-12-22)21-29(35)31(27)32(34)23-16-18-25(37-2)19-17-23/h5,7-14,16-19,24,32-33H,3-4,6,15,20-21H2,1-2H3/t24-,32-/m1/s1. The first kappa shape index (κ1) is 24.8. The number of hydrogen-bond donors (Lipinski definition) is 1. The van der Waals surface area contributed by atoms with E-state index in [4.69, 9.17) is 4.74 Å². The lowest BCUT2D eigenvalue weighted by molar-refractivity contribution is -0.119. The molecule has 0 bridgehead atoms. The molecular weight excluding hydrogens is 460 g/mol. The molecule has 2 atom stereocenters. The summed E-state index contributed by atoms with van der Waals surface area (Å²) in [5, 5.41) is 3.61. The number of methoxy groups -OCH3 is 1. The number of anilines is 2. The Morgan fingerprint density at radius 1 is 0.919 bits per heavy atom. The number of benzene rings is 3. The van der Waals surface area contributed by atoms with Gasteiger partial charge in [0.1, 0.15) is 5.75 Å². The molecule has 1 aliphatic carbocycles. The molecule has 0 fully saturated rings. The highest BCUT2D eigenvalue weighted by Gasteiger charge is 2.41. The van der Waals surface area contributed by atoms with Crippen molar-refractivity contribution in [2.45, 2.75) is 57.4 Å². The van der Waals surface area contributed by atoms with E-state index in [-0.39, 0.29) is 17.6 Å². The van der Waals surface area contributed by atoms with Crippen LogP contribution in [0.15, 0.2) is 90.1 Å². The van der Waals surface area contributed by atoms with Crippen LogP contribution < -0.4 is 15.0 Å². The Labute approximate surface area is 219 Å². The number of rotatable bonds is 7. The van der Waals surface area contributed by atoms with E-state index in [9.17, 15) is 9.59 Å². The SMILES string of the molecule is CCCCCC(=O)N1c2ccccc2NC2=C(C(=O)C[C@H](c3ccccc3)C2)[C@H]1c1ccc(OC)cc1. The van der Waals surface area contributed by atoms with Crippen molar-refractivity contribution in [2.75, 3.05) is 17.3 Å². The number of ether oxygens (including phenoxy) is 1. The third-order valence-corrected chi connectivity index (χ3v) is 7.45. The number of fused-ring (bicyclic) bond motifs is 1.